The number of carbonyl (C=O) groups is 1. The van der Waals surface area contributed by atoms with E-state index in [1.807, 2.05) is 54.0 Å². The number of halogens is 2. The Morgan fingerprint density at radius 2 is 1.88 bits per heavy atom. The maximum absolute atomic E-state index is 13.2. The van der Waals surface area contributed by atoms with E-state index in [9.17, 15) is 14.3 Å². The molecule has 2 aliphatic rings. The summed E-state index contributed by atoms with van der Waals surface area (Å²) in [5, 5.41) is 9.46. The van der Waals surface area contributed by atoms with Crippen LogP contribution in [0.2, 0.25) is 0 Å². The topological polar surface area (TPSA) is 53.3 Å². The van der Waals surface area contributed by atoms with Crippen molar-refractivity contribution in [2.75, 3.05) is 19.3 Å². The zero-order valence-corrected chi connectivity index (χ0v) is 27.3. The van der Waals surface area contributed by atoms with E-state index in [1.54, 1.807) is 11.8 Å². The molecule has 0 radical (unpaired) electrons. The van der Waals surface area contributed by atoms with Crippen molar-refractivity contribution >= 4 is 45.9 Å². The molecular weight excluding hydrogens is 660 g/mol. The van der Waals surface area contributed by atoms with Gasteiger partial charge in [0, 0.05) is 65.9 Å². The maximum atomic E-state index is 13.2. The molecule has 0 saturated heterocycles. The van der Waals surface area contributed by atoms with Crippen molar-refractivity contribution in [1.29, 1.82) is 0 Å². The summed E-state index contributed by atoms with van der Waals surface area (Å²) in [7, 11) is 0. The largest absolute Gasteiger partial charge is 0.580 e. The van der Waals surface area contributed by atoms with Crippen LogP contribution in [0.15, 0.2) is 90.2 Å². The first kappa shape index (κ1) is 32.1. The average molecular weight is 699 g/mol. The Balaban J connectivity index is 1.34. The van der Waals surface area contributed by atoms with Crippen LogP contribution in [0, 0.1) is 27.5 Å². The molecule has 2 aromatic rings. The Hall–Kier alpha value is -2.80. The van der Waals surface area contributed by atoms with Crippen LogP contribution >= 0.6 is 34.4 Å². The first-order valence-corrected chi connectivity index (χ1v) is 16.5. The molecule has 4 nitrogen and oxygen atoms in total. The van der Waals surface area contributed by atoms with Gasteiger partial charge in [-0.1, -0.05) is 56.2 Å². The highest BCUT2D eigenvalue weighted by Gasteiger charge is 2.38. The van der Waals surface area contributed by atoms with Crippen molar-refractivity contribution in [2.45, 2.75) is 44.6 Å². The van der Waals surface area contributed by atoms with Crippen molar-refractivity contribution in [2.24, 2.45) is 11.8 Å². The summed E-state index contributed by atoms with van der Waals surface area (Å²) in [6.07, 6.45) is 13.7. The second-order valence-corrected chi connectivity index (χ2v) is 12.5. The number of aliphatic hydroxyl groups is 2. The quantitative estimate of drug-likeness (QED) is 0.148. The van der Waals surface area contributed by atoms with Gasteiger partial charge >= 0.3 is 5.97 Å². The molecule has 3 atom stereocenters. The predicted molar refractivity (Wildman–Crippen MR) is 181 cm³/mol. The monoisotopic (exact) mass is 698 g/mol. The second kappa shape index (κ2) is 15.1. The summed E-state index contributed by atoms with van der Waals surface area (Å²) in [5.41, 5.74) is 5.85. The summed E-state index contributed by atoms with van der Waals surface area (Å²) in [5.74, 6) is 3.21. The van der Waals surface area contributed by atoms with Gasteiger partial charge in [-0.25, -0.2) is 4.39 Å². The molecule has 2 N–H and O–H groups in total. The molecule has 0 aromatic heterocycles. The van der Waals surface area contributed by atoms with E-state index in [1.165, 1.54) is 23.3 Å². The Labute approximate surface area is 266 Å². The second-order valence-electron chi connectivity index (χ2n) is 10.9. The molecule has 0 spiro atoms. The molecule has 0 saturated carbocycles. The van der Waals surface area contributed by atoms with Crippen LogP contribution in [0.25, 0.3) is 5.57 Å². The van der Waals surface area contributed by atoms with Crippen LogP contribution in [-0.2, 0) is 17.9 Å². The van der Waals surface area contributed by atoms with Gasteiger partial charge in [0.15, 0.2) is 6.61 Å². The summed E-state index contributed by atoms with van der Waals surface area (Å²) in [4.78, 5) is 13.9. The first-order valence-electron chi connectivity index (χ1n) is 14.2. The zero-order valence-electron chi connectivity index (χ0n) is 24.3. The Morgan fingerprint density at radius 3 is 2.50 bits per heavy atom. The van der Waals surface area contributed by atoms with E-state index < -0.39 is 10.7 Å². The highest BCUT2D eigenvalue weighted by molar-refractivity contribution is 14.1. The lowest BCUT2D eigenvalue weighted by Gasteiger charge is -2.34. The van der Waals surface area contributed by atoms with Gasteiger partial charge in [0.1, 0.15) is 10.6 Å². The number of nitrogens with zero attached hydrogens (tertiary/aromatic N) is 1. The van der Waals surface area contributed by atoms with Crippen LogP contribution in [0.3, 0.4) is 0 Å². The predicted octanol–water partition coefficient (Wildman–Crippen LogP) is 7.77. The van der Waals surface area contributed by atoms with E-state index in [-0.39, 0.29) is 24.1 Å². The van der Waals surface area contributed by atoms with Gasteiger partial charge in [0.2, 0.25) is 0 Å². The lowest BCUT2D eigenvalue weighted by Crippen LogP contribution is -2.34. The van der Waals surface area contributed by atoms with Crippen LogP contribution in [-0.4, -0.2) is 44.8 Å². The van der Waals surface area contributed by atoms with Gasteiger partial charge in [-0.05, 0) is 75.1 Å². The number of benzene rings is 2. The van der Waals surface area contributed by atoms with Gasteiger partial charge in [-0.15, -0.1) is 11.8 Å². The van der Waals surface area contributed by atoms with Crippen LogP contribution in [0.5, 0.6) is 0 Å². The molecule has 220 valence electrons. The summed E-state index contributed by atoms with van der Waals surface area (Å²) >= 11 is 3.64. The molecule has 0 amide bonds. The van der Waals surface area contributed by atoms with Crippen molar-refractivity contribution in [3.8, 4) is 9.85 Å². The third-order valence-electron chi connectivity index (χ3n) is 7.85. The number of allylic oxidation sites excluding steroid dienone is 4. The van der Waals surface area contributed by atoms with Gasteiger partial charge in [0.25, 0.3) is 5.76 Å². The van der Waals surface area contributed by atoms with Gasteiger partial charge in [-0.2, -0.15) is 0 Å². The SMILES string of the molecule is CS[C@](C#CI)(C1=C[C@@H](C)C=C([OH+]Cc2ccc(CN3CC=C(c4ccc(F)cc4)CC3)cc2)C=C1)C(C)CC(=O)O. The summed E-state index contributed by atoms with van der Waals surface area (Å²) in [6, 6.07) is 15.4. The number of hydrogen-bond donors (Lipinski definition) is 1. The molecule has 1 heterocycles. The third-order valence-corrected chi connectivity index (χ3v) is 9.50. The lowest BCUT2D eigenvalue weighted by atomic mass is 9.83. The molecule has 0 bridgehead atoms. The molecule has 1 aliphatic carbocycles. The fourth-order valence-corrected chi connectivity index (χ4v) is 7.16. The molecule has 0 fully saturated rings. The fourth-order valence-electron chi connectivity index (χ4n) is 5.54. The van der Waals surface area contributed by atoms with E-state index >= 15 is 0 Å². The Bertz CT molecular complexity index is 1440. The van der Waals surface area contributed by atoms with E-state index in [4.69, 9.17) is 4.74 Å². The number of aliphatic carboxylic acids is 1. The van der Waals surface area contributed by atoms with Crippen molar-refractivity contribution in [3.05, 3.63) is 113 Å². The smallest absolute Gasteiger partial charge is 0.303 e. The van der Waals surface area contributed by atoms with Gasteiger partial charge in [-0.3, -0.25) is 9.69 Å². The normalized spacial score (nSPS) is 19.3. The molecule has 7 heteroatoms. The molecule has 4 rings (SSSR count). The molecule has 2 aromatic carbocycles. The number of ether oxygens (including phenoxy) is 1. The molecule has 1 unspecified atom stereocenters. The number of carboxylic acid groups (broad SMARTS) is 1. The number of rotatable bonds is 11. The highest BCUT2D eigenvalue weighted by atomic mass is 127. The van der Waals surface area contributed by atoms with E-state index in [0.29, 0.717) is 6.61 Å². The zero-order chi connectivity index (χ0) is 30.1. The Kier molecular flexibility index (Phi) is 11.5. The third kappa shape index (κ3) is 8.40. The van der Waals surface area contributed by atoms with E-state index in [2.05, 4.69) is 70.2 Å². The summed E-state index contributed by atoms with van der Waals surface area (Å²) in [6.45, 7) is 7.43. The van der Waals surface area contributed by atoms with Crippen LogP contribution in [0.4, 0.5) is 4.39 Å². The van der Waals surface area contributed by atoms with Crippen molar-refractivity contribution in [3.63, 3.8) is 0 Å². The molecule has 42 heavy (non-hydrogen) atoms. The van der Waals surface area contributed by atoms with Crippen molar-refractivity contribution < 1.29 is 19.0 Å². The first-order chi connectivity index (χ1) is 20.2. The molecular formula is C35H38FINO3S+. The number of thioether (sulfide) groups is 1. The fraction of sp³-hybridized carbons (Fsp3) is 0.343. The van der Waals surface area contributed by atoms with Crippen molar-refractivity contribution in [1.82, 2.24) is 4.90 Å². The van der Waals surface area contributed by atoms with Gasteiger partial charge < -0.3 is 9.84 Å². The minimum Gasteiger partial charge on any atom is -0.580 e. The van der Waals surface area contributed by atoms with Crippen LogP contribution < -0.4 is 0 Å². The summed E-state index contributed by atoms with van der Waals surface area (Å²) < 4.78 is 20.6. The minimum atomic E-state index is -0.814. The molecule has 1 aliphatic heterocycles. The highest BCUT2D eigenvalue weighted by Crippen LogP contribution is 2.42. The Morgan fingerprint density at radius 1 is 1.17 bits per heavy atom. The number of hydrogen-bond acceptors (Lipinski definition) is 3. The lowest BCUT2D eigenvalue weighted by molar-refractivity contribution is -0.138. The number of carboxylic acids is 1. The van der Waals surface area contributed by atoms with Crippen LogP contribution in [0.1, 0.15) is 43.4 Å². The van der Waals surface area contributed by atoms with E-state index in [0.717, 1.165) is 48.5 Å². The van der Waals surface area contributed by atoms with Gasteiger partial charge in [0.05, 0.1) is 6.42 Å². The maximum Gasteiger partial charge on any atom is 0.303 e. The standard InChI is InChI=1S/C35H37FINO3S/c1-25-20-31(35(42-3,16-17-37)26(2)22-34(39)40)10-13-33(21-25)41-24-28-6-4-27(5-7-28)23-38-18-14-30(15-19-38)29-8-11-32(36)12-9-29/h4-14,20-21,25-26H,15,18-19,22-24H2,1-3H3,(H,39,40)/p+1/t25-,26?,35+/m1/s1. The minimum absolute atomic E-state index is 0.0534. The average Bonchev–Trinajstić information content (AvgIpc) is 3.17.